The van der Waals surface area contributed by atoms with Crippen LogP contribution in [0, 0.1) is 5.92 Å². The number of hydrogen-bond acceptors (Lipinski definition) is 4. The van der Waals surface area contributed by atoms with Crippen molar-refractivity contribution in [3.63, 3.8) is 0 Å². The minimum absolute atomic E-state index is 0.0192. The summed E-state index contributed by atoms with van der Waals surface area (Å²) in [5.41, 5.74) is 0. The third-order valence-electron chi connectivity index (χ3n) is 3.75. The number of benzene rings is 1. The van der Waals surface area contributed by atoms with Crippen LogP contribution in [0.3, 0.4) is 0 Å². The Labute approximate surface area is 123 Å². The zero-order valence-electron chi connectivity index (χ0n) is 12.0. The molecule has 1 aliphatic rings. The first kappa shape index (κ1) is 13.7. The van der Waals surface area contributed by atoms with E-state index in [1.807, 2.05) is 29.2 Å². The lowest BCUT2D eigenvalue weighted by Gasteiger charge is -2.23. The Morgan fingerprint density at radius 3 is 2.90 bits per heavy atom. The Morgan fingerprint density at radius 2 is 2.24 bits per heavy atom. The molecule has 21 heavy (non-hydrogen) atoms. The molecule has 1 heterocycles. The summed E-state index contributed by atoms with van der Waals surface area (Å²) in [7, 11) is 1.63. The molecule has 1 aromatic carbocycles. The average Bonchev–Trinajstić information content (AvgIpc) is 3.29. The molecule has 1 aromatic heterocycles. The van der Waals surface area contributed by atoms with Crippen molar-refractivity contribution in [2.24, 2.45) is 5.92 Å². The van der Waals surface area contributed by atoms with Gasteiger partial charge in [-0.05, 0) is 48.4 Å². The highest BCUT2D eigenvalue weighted by atomic mass is 16.5. The monoisotopic (exact) mass is 286 g/mol. The lowest BCUT2D eigenvalue weighted by Crippen LogP contribution is -2.32. The Balaban J connectivity index is 2.00. The van der Waals surface area contributed by atoms with Crippen molar-refractivity contribution in [1.29, 1.82) is 0 Å². The standard InChI is InChI=1S/C16H18N2O3/c1-21-13-4-5-14-12(8-13)6-7-17-16(14)18(10-15(19)20)9-11-2-3-11/h4-8,11H,2-3,9-10H2,1H3,(H,19,20). The molecule has 0 amide bonds. The third kappa shape index (κ3) is 3.07. The van der Waals surface area contributed by atoms with E-state index in [4.69, 9.17) is 9.84 Å². The summed E-state index contributed by atoms with van der Waals surface area (Å²) in [5, 5.41) is 11.1. The number of pyridine rings is 1. The van der Waals surface area contributed by atoms with E-state index in [0.29, 0.717) is 5.92 Å². The van der Waals surface area contributed by atoms with Gasteiger partial charge in [-0.15, -0.1) is 0 Å². The first-order chi connectivity index (χ1) is 10.2. The Morgan fingerprint density at radius 1 is 1.43 bits per heavy atom. The van der Waals surface area contributed by atoms with E-state index in [2.05, 4.69) is 4.98 Å². The second-order valence-corrected chi connectivity index (χ2v) is 5.44. The number of carboxylic acid groups (broad SMARTS) is 1. The molecule has 3 rings (SSSR count). The zero-order valence-corrected chi connectivity index (χ0v) is 12.0. The molecule has 0 bridgehead atoms. The van der Waals surface area contributed by atoms with Crippen LogP contribution < -0.4 is 9.64 Å². The predicted octanol–water partition coefficient (Wildman–Crippen LogP) is 2.54. The molecule has 0 spiro atoms. The summed E-state index contributed by atoms with van der Waals surface area (Å²) in [6, 6.07) is 7.68. The van der Waals surface area contributed by atoms with Gasteiger partial charge >= 0.3 is 5.97 Å². The molecular formula is C16H18N2O3. The average molecular weight is 286 g/mol. The number of carbonyl (C=O) groups is 1. The molecule has 5 heteroatoms. The molecule has 2 aromatic rings. The van der Waals surface area contributed by atoms with Gasteiger partial charge in [-0.2, -0.15) is 0 Å². The van der Waals surface area contributed by atoms with Gasteiger partial charge < -0.3 is 14.7 Å². The third-order valence-corrected chi connectivity index (χ3v) is 3.75. The fraction of sp³-hybridized carbons (Fsp3) is 0.375. The fourth-order valence-electron chi connectivity index (χ4n) is 2.52. The number of nitrogens with zero attached hydrogens (tertiary/aromatic N) is 2. The first-order valence-electron chi connectivity index (χ1n) is 7.07. The van der Waals surface area contributed by atoms with E-state index in [1.165, 1.54) is 12.8 Å². The van der Waals surface area contributed by atoms with Crippen LogP contribution in [0.1, 0.15) is 12.8 Å². The van der Waals surface area contributed by atoms with E-state index in [9.17, 15) is 4.79 Å². The molecule has 110 valence electrons. The van der Waals surface area contributed by atoms with Gasteiger partial charge in [0.25, 0.3) is 0 Å². The van der Waals surface area contributed by atoms with Gasteiger partial charge in [0, 0.05) is 18.1 Å². The minimum Gasteiger partial charge on any atom is -0.497 e. The van der Waals surface area contributed by atoms with Crippen LogP contribution in [-0.2, 0) is 4.79 Å². The van der Waals surface area contributed by atoms with E-state index in [0.717, 1.165) is 28.9 Å². The van der Waals surface area contributed by atoms with Gasteiger partial charge in [0.1, 0.15) is 18.1 Å². The largest absolute Gasteiger partial charge is 0.497 e. The van der Waals surface area contributed by atoms with Crippen LogP contribution in [-0.4, -0.2) is 36.3 Å². The van der Waals surface area contributed by atoms with Gasteiger partial charge in [-0.25, -0.2) is 4.98 Å². The number of rotatable bonds is 6. The van der Waals surface area contributed by atoms with Crippen molar-refractivity contribution in [2.45, 2.75) is 12.8 Å². The second kappa shape index (κ2) is 5.60. The molecule has 0 atom stereocenters. The summed E-state index contributed by atoms with van der Waals surface area (Å²) in [6.07, 6.45) is 4.07. The van der Waals surface area contributed by atoms with Crippen molar-refractivity contribution in [3.05, 3.63) is 30.5 Å². The van der Waals surface area contributed by atoms with E-state index >= 15 is 0 Å². The van der Waals surface area contributed by atoms with Gasteiger partial charge in [0.05, 0.1) is 7.11 Å². The highest BCUT2D eigenvalue weighted by Crippen LogP contribution is 2.33. The second-order valence-electron chi connectivity index (χ2n) is 5.44. The summed E-state index contributed by atoms with van der Waals surface area (Å²) in [6.45, 7) is 0.735. The van der Waals surface area contributed by atoms with Crippen molar-refractivity contribution in [2.75, 3.05) is 25.1 Å². The number of carboxylic acids is 1. The topological polar surface area (TPSA) is 62.7 Å². The molecule has 0 aliphatic heterocycles. The van der Waals surface area contributed by atoms with Crippen LogP contribution >= 0.6 is 0 Å². The maximum absolute atomic E-state index is 11.1. The molecule has 1 N–H and O–H groups in total. The molecule has 1 fully saturated rings. The van der Waals surface area contributed by atoms with Gasteiger partial charge in [0.15, 0.2) is 0 Å². The zero-order chi connectivity index (χ0) is 14.8. The van der Waals surface area contributed by atoms with Crippen molar-refractivity contribution in [3.8, 4) is 5.75 Å². The lowest BCUT2D eigenvalue weighted by atomic mass is 10.1. The highest BCUT2D eigenvalue weighted by Gasteiger charge is 2.26. The van der Waals surface area contributed by atoms with Crippen LogP contribution in [0.5, 0.6) is 5.75 Å². The number of anilines is 1. The summed E-state index contributed by atoms with van der Waals surface area (Å²) in [4.78, 5) is 17.4. The molecule has 0 saturated heterocycles. The maximum Gasteiger partial charge on any atom is 0.323 e. The van der Waals surface area contributed by atoms with Crippen LogP contribution in [0.4, 0.5) is 5.82 Å². The summed E-state index contributed by atoms with van der Waals surface area (Å²) in [5.74, 6) is 1.29. The van der Waals surface area contributed by atoms with Crippen molar-refractivity contribution >= 4 is 22.6 Å². The summed E-state index contributed by atoms with van der Waals surface area (Å²) < 4.78 is 5.23. The number of methoxy groups -OCH3 is 1. The summed E-state index contributed by atoms with van der Waals surface area (Å²) >= 11 is 0. The lowest BCUT2D eigenvalue weighted by molar-refractivity contribution is -0.135. The maximum atomic E-state index is 11.1. The van der Waals surface area contributed by atoms with E-state index < -0.39 is 5.97 Å². The van der Waals surface area contributed by atoms with Gasteiger partial charge in [-0.1, -0.05) is 0 Å². The number of ether oxygens (including phenoxy) is 1. The SMILES string of the molecule is COc1ccc2c(N(CC(=O)O)CC3CC3)nccc2c1. The van der Waals surface area contributed by atoms with Crippen LogP contribution in [0.25, 0.3) is 10.8 Å². The minimum atomic E-state index is -0.831. The Hall–Kier alpha value is -2.30. The molecule has 0 unspecified atom stereocenters. The highest BCUT2D eigenvalue weighted by molar-refractivity contribution is 5.94. The quantitative estimate of drug-likeness (QED) is 0.884. The van der Waals surface area contributed by atoms with E-state index in [1.54, 1.807) is 13.3 Å². The normalized spacial score (nSPS) is 14.1. The van der Waals surface area contributed by atoms with Crippen LogP contribution in [0.2, 0.25) is 0 Å². The number of aliphatic carboxylic acids is 1. The van der Waals surface area contributed by atoms with Crippen molar-refractivity contribution in [1.82, 2.24) is 4.98 Å². The fourth-order valence-corrected chi connectivity index (χ4v) is 2.52. The Kier molecular flexibility index (Phi) is 3.64. The number of aromatic nitrogens is 1. The van der Waals surface area contributed by atoms with Crippen molar-refractivity contribution < 1.29 is 14.6 Å². The smallest absolute Gasteiger partial charge is 0.323 e. The van der Waals surface area contributed by atoms with E-state index in [-0.39, 0.29) is 6.54 Å². The molecule has 1 aliphatic carbocycles. The molecule has 5 nitrogen and oxygen atoms in total. The number of hydrogen-bond donors (Lipinski definition) is 1. The van der Waals surface area contributed by atoms with Gasteiger partial charge in [0.2, 0.25) is 0 Å². The number of fused-ring (bicyclic) bond motifs is 1. The Bertz CT molecular complexity index is 668. The molecule has 0 radical (unpaired) electrons. The van der Waals surface area contributed by atoms with Gasteiger partial charge in [-0.3, -0.25) is 4.79 Å². The first-order valence-corrected chi connectivity index (χ1v) is 7.07. The molecular weight excluding hydrogens is 268 g/mol. The van der Waals surface area contributed by atoms with Crippen LogP contribution in [0.15, 0.2) is 30.5 Å². The molecule has 1 saturated carbocycles. The predicted molar refractivity (Wildman–Crippen MR) is 80.9 cm³/mol.